The molecule has 2 rings (SSSR count). The van der Waals surface area contributed by atoms with Crippen LogP contribution in [0.3, 0.4) is 0 Å². The van der Waals surface area contributed by atoms with Crippen LogP contribution >= 0.6 is 0 Å². The molecule has 0 radical (unpaired) electrons. The molecule has 1 aliphatic rings. The first-order valence-corrected chi connectivity index (χ1v) is 5.50. The largest absolute Gasteiger partial charge is 0.465 e. The molecule has 0 aromatic heterocycles. The maximum atomic E-state index is 12.0. The van der Waals surface area contributed by atoms with Gasteiger partial charge in [-0.05, 0) is 24.6 Å². The molecule has 0 unspecified atom stereocenters. The molecule has 1 saturated heterocycles. The molecule has 0 saturated carbocycles. The molecule has 1 heterocycles. The molecule has 5 heteroatoms. The summed E-state index contributed by atoms with van der Waals surface area (Å²) in [5, 5.41) is 0. The molecule has 1 fully saturated rings. The zero-order valence-electron chi connectivity index (χ0n) is 9.73. The summed E-state index contributed by atoms with van der Waals surface area (Å²) in [5.74, 6) is -0.268. The highest BCUT2D eigenvalue weighted by atomic mass is 16.6. The molecule has 1 aromatic rings. The van der Waals surface area contributed by atoms with Crippen LogP contribution in [0.5, 0.6) is 0 Å². The molecule has 0 spiro atoms. The number of hydrogen-bond acceptors (Lipinski definition) is 5. The van der Waals surface area contributed by atoms with Crippen molar-refractivity contribution in [1.29, 1.82) is 0 Å². The second-order valence-electron chi connectivity index (χ2n) is 4.14. The number of nitrogens with two attached hydrogens (primary N) is 2. The van der Waals surface area contributed by atoms with Gasteiger partial charge in [-0.3, -0.25) is 4.79 Å². The first kappa shape index (κ1) is 11.7. The Kier molecular flexibility index (Phi) is 2.93. The first-order chi connectivity index (χ1) is 8.10. The van der Waals surface area contributed by atoms with E-state index in [9.17, 15) is 4.79 Å². The molecule has 0 aliphatic carbocycles. The van der Waals surface area contributed by atoms with Gasteiger partial charge in [0.05, 0.1) is 31.2 Å². The van der Waals surface area contributed by atoms with Crippen molar-refractivity contribution < 1.29 is 14.3 Å². The van der Waals surface area contributed by atoms with E-state index in [1.54, 1.807) is 25.1 Å². The van der Waals surface area contributed by atoms with Gasteiger partial charge in [0.25, 0.3) is 0 Å². The van der Waals surface area contributed by atoms with Gasteiger partial charge >= 0.3 is 5.97 Å². The molecule has 0 atom stereocenters. The van der Waals surface area contributed by atoms with E-state index in [4.69, 9.17) is 20.9 Å². The second-order valence-corrected chi connectivity index (χ2v) is 4.14. The summed E-state index contributed by atoms with van der Waals surface area (Å²) in [6.45, 7) is 2.79. The Labute approximate surface area is 99.7 Å². The standard InChI is InChI=1S/C12H16N2O3/c1-2-17-11(15)12(6-16-7-12)8-3-4-9(13)10(14)5-8/h3-5H,2,6-7,13-14H2,1H3. The van der Waals surface area contributed by atoms with Crippen LogP contribution in [0.25, 0.3) is 0 Å². The predicted octanol–water partition coefficient (Wildman–Crippen LogP) is 0.682. The highest BCUT2D eigenvalue weighted by molar-refractivity contribution is 5.85. The Morgan fingerprint density at radius 1 is 1.41 bits per heavy atom. The summed E-state index contributed by atoms with van der Waals surface area (Å²) in [6, 6.07) is 5.21. The van der Waals surface area contributed by atoms with Gasteiger partial charge in [-0.1, -0.05) is 6.07 Å². The maximum Gasteiger partial charge on any atom is 0.321 e. The molecule has 1 aromatic carbocycles. The summed E-state index contributed by atoms with van der Waals surface area (Å²) in [5.41, 5.74) is 12.5. The normalized spacial score (nSPS) is 17.2. The average molecular weight is 236 g/mol. The van der Waals surface area contributed by atoms with Crippen molar-refractivity contribution in [1.82, 2.24) is 0 Å². The van der Waals surface area contributed by atoms with E-state index >= 15 is 0 Å². The number of rotatable bonds is 3. The highest BCUT2D eigenvalue weighted by Crippen LogP contribution is 2.35. The fraction of sp³-hybridized carbons (Fsp3) is 0.417. The number of nitrogen functional groups attached to an aromatic ring is 2. The lowest BCUT2D eigenvalue weighted by Gasteiger charge is -2.39. The third-order valence-electron chi connectivity index (χ3n) is 3.00. The highest BCUT2D eigenvalue weighted by Gasteiger charge is 2.49. The van der Waals surface area contributed by atoms with Crippen LogP contribution < -0.4 is 11.5 Å². The molecular formula is C12H16N2O3. The third-order valence-corrected chi connectivity index (χ3v) is 3.00. The third kappa shape index (κ3) is 1.82. The summed E-state index contributed by atoms with van der Waals surface area (Å²) in [7, 11) is 0. The van der Waals surface area contributed by atoms with Gasteiger partial charge in [-0.25, -0.2) is 0 Å². The van der Waals surface area contributed by atoms with E-state index in [0.717, 1.165) is 5.56 Å². The van der Waals surface area contributed by atoms with E-state index < -0.39 is 5.41 Å². The van der Waals surface area contributed by atoms with Crippen LogP contribution in [0.4, 0.5) is 11.4 Å². The van der Waals surface area contributed by atoms with Gasteiger partial charge in [0.15, 0.2) is 0 Å². The van der Waals surface area contributed by atoms with E-state index in [-0.39, 0.29) is 5.97 Å². The fourth-order valence-corrected chi connectivity index (χ4v) is 1.85. The van der Waals surface area contributed by atoms with Gasteiger partial charge in [0.1, 0.15) is 5.41 Å². The Morgan fingerprint density at radius 3 is 2.59 bits per heavy atom. The number of esters is 1. The SMILES string of the molecule is CCOC(=O)C1(c2ccc(N)c(N)c2)COC1. The number of hydrogen-bond donors (Lipinski definition) is 2. The summed E-state index contributed by atoms with van der Waals surface area (Å²) in [6.07, 6.45) is 0. The van der Waals surface area contributed by atoms with E-state index in [1.807, 2.05) is 0 Å². The zero-order chi connectivity index (χ0) is 12.5. The average Bonchev–Trinajstić information content (AvgIpc) is 2.22. The van der Waals surface area contributed by atoms with E-state index in [1.165, 1.54) is 0 Å². The molecule has 1 aliphatic heterocycles. The van der Waals surface area contributed by atoms with Crippen LogP contribution in [0.1, 0.15) is 12.5 Å². The van der Waals surface area contributed by atoms with Gasteiger partial charge in [0.2, 0.25) is 0 Å². The molecule has 0 bridgehead atoms. The Morgan fingerprint density at radius 2 is 2.12 bits per heavy atom. The van der Waals surface area contributed by atoms with Gasteiger partial charge in [-0.15, -0.1) is 0 Å². The van der Waals surface area contributed by atoms with Crippen molar-refractivity contribution in [3.8, 4) is 0 Å². The Bertz CT molecular complexity index is 441. The van der Waals surface area contributed by atoms with Crippen molar-refractivity contribution >= 4 is 17.3 Å². The molecule has 4 N–H and O–H groups in total. The van der Waals surface area contributed by atoms with Gasteiger partial charge in [0, 0.05) is 0 Å². The fourth-order valence-electron chi connectivity index (χ4n) is 1.85. The van der Waals surface area contributed by atoms with Gasteiger partial charge in [-0.2, -0.15) is 0 Å². The van der Waals surface area contributed by atoms with Crippen molar-refractivity contribution in [2.75, 3.05) is 31.3 Å². The zero-order valence-corrected chi connectivity index (χ0v) is 9.73. The number of carbonyl (C=O) groups excluding carboxylic acids is 1. The lowest BCUT2D eigenvalue weighted by Crippen LogP contribution is -2.53. The van der Waals surface area contributed by atoms with Crippen molar-refractivity contribution in [2.24, 2.45) is 0 Å². The minimum Gasteiger partial charge on any atom is -0.465 e. The van der Waals surface area contributed by atoms with Gasteiger partial charge < -0.3 is 20.9 Å². The minimum atomic E-state index is -0.710. The number of anilines is 2. The molecule has 5 nitrogen and oxygen atoms in total. The topological polar surface area (TPSA) is 87.6 Å². The van der Waals surface area contributed by atoms with Crippen LogP contribution in [0.2, 0.25) is 0 Å². The number of benzene rings is 1. The van der Waals surface area contributed by atoms with Crippen molar-refractivity contribution in [3.05, 3.63) is 23.8 Å². The summed E-state index contributed by atoms with van der Waals surface area (Å²) < 4.78 is 10.2. The summed E-state index contributed by atoms with van der Waals surface area (Å²) in [4.78, 5) is 12.0. The Hall–Kier alpha value is -1.75. The van der Waals surface area contributed by atoms with Crippen LogP contribution in [-0.4, -0.2) is 25.8 Å². The number of carbonyl (C=O) groups is 1. The molecular weight excluding hydrogens is 220 g/mol. The predicted molar refractivity (Wildman–Crippen MR) is 64.4 cm³/mol. The lowest BCUT2D eigenvalue weighted by molar-refractivity contribution is -0.169. The first-order valence-electron chi connectivity index (χ1n) is 5.50. The van der Waals surface area contributed by atoms with Crippen LogP contribution in [-0.2, 0) is 19.7 Å². The lowest BCUT2D eigenvalue weighted by atomic mass is 9.78. The smallest absolute Gasteiger partial charge is 0.321 e. The Balaban J connectivity index is 2.34. The van der Waals surface area contributed by atoms with Crippen LogP contribution in [0, 0.1) is 0 Å². The second kappa shape index (κ2) is 4.25. The summed E-state index contributed by atoms with van der Waals surface area (Å²) >= 11 is 0. The van der Waals surface area contributed by atoms with Crippen molar-refractivity contribution in [3.63, 3.8) is 0 Å². The maximum absolute atomic E-state index is 12.0. The molecule has 0 amide bonds. The number of ether oxygens (including phenoxy) is 2. The van der Waals surface area contributed by atoms with Crippen molar-refractivity contribution in [2.45, 2.75) is 12.3 Å². The van der Waals surface area contributed by atoms with E-state index in [0.29, 0.717) is 31.2 Å². The van der Waals surface area contributed by atoms with E-state index in [2.05, 4.69) is 0 Å². The monoisotopic (exact) mass is 236 g/mol. The molecule has 17 heavy (non-hydrogen) atoms. The molecule has 92 valence electrons. The van der Waals surface area contributed by atoms with Crippen LogP contribution in [0.15, 0.2) is 18.2 Å². The quantitative estimate of drug-likeness (QED) is 0.595. The minimum absolute atomic E-state index is 0.268.